The van der Waals surface area contributed by atoms with Gasteiger partial charge in [-0.1, -0.05) is 30.3 Å². The summed E-state index contributed by atoms with van der Waals surface area (Å²) >= 11 is 0. The average molecular weight is 397 g/mol. The molecule has 8 heteroatoms. The summed E-state index contributed by atoms with van der Waals surface area (Å²) in [6.45, 7) is 4.24. The standard InChI is InChI=1S/C21H27N5O3/c1-2-25-19(23-26(21(25)29)14-15-6-4-3-5-7-15)16-10-12-24(13-11-16)20(28)17-8-9-18(27)22-17/h3-7,16-17H,2,8-14H2,1H3,(H,22,27). The number of rotatable bonds is 5. The molecule has 0 bridgehead atoms. The summed E-state index contributed by atoms with van der Waals surface area (Å²) in [5.74, 6) is 0.933. The molecule has 2 saturated heterocycles. The summed E-state index contributed by atoms with van der Waals surface area (Å²) in [6, 6.07) is 9.47. The molecule has 0 saturated carbocycles. The summed E-state index contributed by atoms with van der Waals surface area (Å²) in [7, 11) is 0. The molecule has 1 unspecified atom stereocenters. The predicted octanol–water partition coefficient (Wildman–Crippen LogP) is 1.10. The van der Waals surface area contributed by atoms with Crippen molar-refractivity contribution in [3.63, 3.8) is 0 Å². The highest BCUT2D eigenvalue weighted by Crippen LogP contribution is 2.27. The van der Waals surface area contributed by atoms with Crippen molar-refractivity contribution < 1.29 is 9.59 Å². The monoisotopic (exact) mass is 397 g/mol. The van der Waals surface area contributed by atoms with Gasteiger partial charge in [-0.15, -0.1) is 0 Å². The minimum absolute atomic E-state index is 0.0109. The van der Waals surface area contributed by atoms with Crippen LogP contribution in [0.3, 0.4) is 0 Å². The highest BCUT2D eigenvalue weighted by molar-refractivity contribution is 5.90. The van der Waals surface area contributed by atoms with Crippen LogP contribution in [0.5, 0.6) is 0 Å². The molecule has 2 aliphatic heterocycles. The number of amides is 2. The van der Waals surface area contributed by atoms with Crippen LogP contribution < -0.4 is 11.0 Å². The first-order valence-electron chi connectivity index (χ1n) is 10.4. The van der Waals surface area contributed by atoms with Crippen LogP contribution in [0, 0.1) is 0 Å². The number of nitrogens with zero attached hydrogens (tertiary/aromatic N) is 4. The number of likely N-dealkylation sites (tertiary alicyclic amines) is 1. The van der Waals surface area contributed by atoms with Crippen LogP contribution in [0.15, 0.2) is 35.1 Å². The third-order valence-electron chi connectivity index (χ3n) is 5.91. The lowest BCUT2D eigenvalue weighted by Crippen LogP contribution is -2.47. The van der Waals surface area contributed by atoms with Crippen molar-refractivity contribution in [1.29, 1.82) is 0 Å². The maximum absolute atomic E-state index is 12.8. The Balaban J connectivity index is 1.45. The number of hydrogen-bond donors (Lipinski definition) is 1. The van der Waals surface area contributed by atoms with Crippen LogP contribution in [0.2, 0.25) is 0 Å². The van der Waals surface area contributed by atoms with Gasteiger partial charge in [0, 0.05) is 32.0 Å². The van der Waals surface area contributed by atoms with E-state index < -0.39 is 0 Å². The van der Waals surface area contributed by atoms with Crippen LogP contribution in [-0.2, 0) is 22.7 Å². The molecular formula is C21H27N5O3. The normalized spacial score (nSPS) is 20.1. The molecule has 2 aliphatic rings. The fourth-order valence-corrected chi connectivity index (χ4v) is 4.29. The molecule has 8 nitrogen and oxygen atoms in total. The summed E-state index contributed by atoms with van der Waals surface area (Å²) in [5.41, 5.74) is 0.958. The van der Waals surface area contributed by atoms with E-state index in [9.17, 15) is 14.4 Å². The van der Waals surface area contributed by atoms with Crippen LogP contribution in [0.1, 0.15) is 49.9 Å². The Morgan fingerprint density at radius 2 is 1.86 bits per heavy atom. The minimum atomic E-state index is -0.377. The van der Waals surface area contributed by atoms with Gasteiger partial charge < -0.3 is 10.2 Å². The highest BCUT2D eigenvalue weighted by Gasteiger charge is 2.34. The second-order valence-electron chi connectivity index (χ2n) is 7.79. The van der Waals surface area contributed by atoms with Crippen molar-refractivity contribution in [1.82, 2.24) is 24.6 Å². The Bertz CT molecular complexity index is 941. The minimum Gasteiger partial charge on any atom is -0.344 e. The number of benzene rings is 1. The molecule has 0 aliphatic carbocycles. The molecule has 1 atom stereocenters. The molecule has 1 aromatic carbocycles. The lowest BCUT2D eigenvalue weighted by molar-refractivity contribution is -0.135. The van der Waals surface area contributed by atoms with Gasteiger partial charge in [0.1, 0.15) is 11.9 Å². The Morgan fingerprint density at radius 1 is 1.14 bits per heavy atom. The number of aromatic nitrogens is 3. The van der Waals surface area contributed by atoms with Crippen LogP contribution in [0.4, 0.5) is 0 Å². The van der Waals surface area contributed by atoms with Crippen molar-refractivity contribution in [2.45, 2.75) is 57.7 Å². The first-order chi connectivity index (χ1) is 14.1. The number of nitrogens with one attached hydrogen (secondary N) is 1. The molecule has 3 heterocycles. The Labute approximate surface area is 169 Å². The van der Waals surface area contributed by atoms with E-state index in [2.05, 4.69) is 10.4 Å². The third kappa shape index (κ3) is 3.97. The van der Waals surface area contributed by atoms with E-state index in [0.717, 1.165) is 24.2 Å². The van der Waals surface area contributed by atoms with E-state index in [0.29, 0.717) is 39.0 Å². The van der Waals surface area contributed by atoms with E-state index in [1.807, 2.05) is 42.2 Å². The zero-order valence-electron chi connectivity index (χ0n) is 16.7. The fraction of sp³-hybridized carbons (Fsp3) is 0.524. The molecule has 2 aromatic rings. The first kappa shape index (κ1) is 19.4. The SMILES string of the molecule is CCn1c(C2CCN(C(=O)C3CCC(=O)N3)CC2)nn(Cc2ccccc2)c1=O. The second kappa shape index (κ2) is 8.23. The highest BCUT2D eigenvalue weighted by atomic mass is 16.2. The largest absolute Gasteiger partial charge is 0.346 e. The van der Waals surface area contributed by atoms with Gasteiger partial charge in [-0.25, -0.2) is 9.48 Å². The van der Waals surface area contributed by atoms with Crippen molar-refractivity contribution in [2.24, 2.45) is 0 Å². The maximum atomic E-state index is 12.8. The molecule has 2 fully saturated rings. The Kier molecular flexibility index (Phi) is 5.51. The van der Waals surface area contributed by atoms with Crippen molar-refractivity contribution in [3.8, 4) is 0 Å². The van der Waals surface area contributed by atoms with E-state index in [1.54, 1.807) is 9.25 Å². The van der Waals surface area contributed by atoms with Gasteiger partial charge in [-0.2, -0.15) is 5.10 Å². The number of carbonyl (C=O) groups is 2. The molecule has 2 amide bonds. The van der Waals surface area contributed by atoms with E-state index >= 15 is 0 Å². The third-order valence-corrected chi connectivity index (χ3v) is 5.91. The summed E-state index contributed by atoms with van der Waals surface area (Å²) in [5, 5.41) is 7.42. The van der Waals surface area contributed by atoms with Crippen LogP contribution >= 0.6 is 0 Å². The van der Waals surface area contributed by atoms with E-state index in [1.165, 1.54) is 0 Å². The van der Waals surface area contributed by atoms with Crippen molar-refractivity contribution in [2.75, 3.05) is 13.1 Å². The van der Waals surface area contributed by atoms with Crippen molar-refractivity contribution in [3.05, 3.63) is 52.2 Å². The van der Waals surface area contributed by atoms with Gasteiger partial charge >= 0.3 is 5.69 Å². The van der Waals surface area contributed by atoms with Crippen LogP contribution in [-0.4, -0.2) is 50.2 Å². The maximum Gasteiger partial charge on any atom is 0.346 e. The lowest BCUT2D eigenvalue weighted by Gasteiger charge is -2.33. The molecule has 0 radical (unpaired) electrons. The molecular weight excluding hydrogens is 370 g/mol. The summed E-state index contributed by atoms with van der Waals surface area (Å²) in [6.07, 6.45) is 2.55. The Hall–Kier alpha value is -2.90. The lowest BCUT2D eigenvalue weighted by atomic mass is 9.95. The van der Waals surface area contributed by atoms with E-state index in [4.69, 9.17) is 0 Å². The van der Waals surface area contributed by atoms with Gasteiger partial charge in [-0.3, -0.25) is 14.2 Å². The number of piperidine rings is 1. The number of carbonyl (C=O) groups excluding carboxylic acids is 2. The Morgan fingerprint density at radius 3 is 2.48 bits per heavy atom. The van der Waals surface area contributed by atoms with Gasteiger partial charge in [-0.05, 0) is 31.7 Å². The predicted molar refractivity (Wildman–Crippen MR) is 107 cm³/mol. The van der Waals surface area contributed by atoms with Gasteiger partial charge in [0.15, 0.2) is 0 Å². The molecule has 154 valence electrons. The quantitative estimate of drug-likeness (QED) is 0.818. The summed E-state index contributed by atoms with van der Waals surface area (Å²) in [4.78, 5) is 38.6. The molecule has 4 rings (SSSR count). The van der Waals surface area contributed by atoms with Crippen molar-refractivity contribution >= 4 is 11.8 Å². The second-order valence-corrected chi connectivity index (χ2v) is 7.79. The molecule has 1 aromatic heterocycles. The topological polar surface area (TPSA) is 89.2 Å². The van der Waals surface area contributed by atoms with Gasteiger partial charge in [0.25, 0.3) is 0 Å². The smallest absolute Gasteiger partial charge is 0.344 e. The molecule has 29 heavy (non-hydrogen) atoms. The first-order valence-corrected chi connectivity index (χ1v) is 10.4. The molecule has 1 N–H and O–H groups in total. The van der Waals surface area contributed by atoms with Gasteiger partial charge in [0.2, 0.25) is 11.8 Å². The zero-order valence-corrected chi connectivity index (χ0v) is 16.7. The van der Waals surface area contributed by atoms with Gasteiger partial charge in [0.05, 0.1) is 6.54 Å². The number of hydrogen-bond acceptors (Lipinski definition) is 4. The zero-order chi connectivity index (χ0) is 20.4. The average Bonchev–Trinajstić information content (AvgIpc) is 3.32. The van der Waals surface area contributed by atoms with Crippen LogP contribution in [0.25, 0.3) is 0 Å². The summed E-state index contributed by atoms with van der Waals surface area (Å²) < 4.78 is 3.29. The van der Waals surface area contributed by atoms with E-state index in [-0.39, 0.29) is 29.5 Å². The molecule has 0 spiro atoms. The fourth-order valence-electron chi connectivity index (χ4n) is 4.29.